The highest BCUT2D eigenvalue weighted by molar-refractivity contribution is 6.21. The lowest BCUT2D eigenvalue weighted by atomic mass is 9.98. The molecule has 4 heteroatoms. The minimum Gasteiger partial charge on any atom is -0.398 e. The highest BCUT2D eigenvalue weighted by Crippen LogP contribution is 2.26. The molecule has 0 spiro atoms. The molecule has 0 bridgehead atoms. The van der Waals surface area contributed by atoms with Crippen molar-refractivity contribution in [2.24, 2.45) is 0 Å². The number of rotatable bonds is 1. The number of nitrogens with two attached hydrogens (primary N) is 1. The molecule has 1 aliphatic carbocycles. The van der Waals surface area contributed by atoms with Gasteiger partial charge in [-0.05, 0) is 30.4 Å². The molecule has 1 aromatic carbocycles. The molecule has 1 aromatic heterocycles. The number of hydrogen-bond donors (Lipinski definition) is 1. The summed E-state index contributed by atoms with van der Waals surface area (Å²) in [7, 11) is 0. The number of aromatic nitrogens is 1. The maximum absolute atomic E-state index is 11.8. The molecule has 0 fully saturated rings. The highest BCUT2D eigenvalue weighted by Gasteiger charge is 2.21. The van der Waals surface area contributed by atoms with E-state index < -0.39 is 0 Å². The lowest BCUT2D eigenvalue weighted by molar-refractivity contribution is 0.0990. The van der Waals surface area contributed by atoms with Crippen LogP contribution in [-0.4, -0.2) is 16.6 Å². The van der Waals surface area contributed by atoms with Gasteiger partial charge in [0, 0.05) is 11.3 Å². The standard InChI is InChI=1S/C15H10N2O2/c16-11-4-2-1-3-9(11)12-6-5-10-13(18)7-8-14(19)15(10)17-12/h1-8H,16H2. The predicted molar refractivity (Wildman–Crippen MR) is 71.9 cm³/mol. The molecule has 0 radical (unpaired) electrons. The van der Waals surface area contributed by atoms with Crippen molar-refractivity contribution >= 4 is 17.3 Å². The highest BCUT2D eigenvalue weighted by atomic mass is 16.1. The summed E-state index contributed by atoms with van der Waals surface area (Å²) in [5.41, 5.74) is 8.34. The minimum absolute atomic E-state index is 0.188. The molecule has 92 valence electrons. The van der Waals surface area contributed by atoms with Crippen molar-refractivity contribution in [3.05, 3.63) is 59.8 Å². The molecular formula is C15H10N2O2. The molecule has 0 unspecified atom stereocenters. The molecule has 0 amide bonds. The number of para-hydroxylation sites is 1. The van der Waals surface area contributed by atoms with Crippen LogP contribution in [0.1, 0.15) is 20.8 Å². The third-order valence-electron chi connectivity index (χ3n) is 3.02. The average molecular weight is 250 g/mol. The number of fused-ring (bicyclic) bond motifs is 1. The molecule has 0 atom stereocenters. The van der Waals surface area contributed by atoms with Crippen molar-refractivity contribution in [1.82, 2.24) is 4.98 Å². The summed E-state index contributed by atoms with van der Waals surface area (Å²) in [5, 5.41) is 0. The van der Waals surface area contributed by atoms with Crippen molar-refractivity contribution in [2.45, 2.75) is 0 Å². The van der Waals surface area contributed by atoms with Crippen molar-refractivity contribution in [3.8, 4) is 11.3 Å². The first-order valence-electron chi connectivity index (χ1n) is 5.79. The Bertz CT molecular complexity index is 733. The maximum atomic E-state index is 11.8. The first kappa shape index (κ1) is 11.3. The quantitative estimate of drug-likeness (QED) is 0.788. The largest absolute Gasteiger partial charge is 0.398 e. The molecule has 0 saturated heterocycles. The van der Waals surface area contributed by atoms with Gasteiger partial charge in [0.1, 0.15) is 5.69 Å². The van der Waals surface area contributed by atoms with E-state index in [4.69, 9.17) is 5.73 Å². The van der Waals surface area contributed by atoms with Crippen LogP contribution in [0.15, 0.2) is 48.6 Å². The first-order valence-corrected chi connectivity index (χ1v) is 5.79. The number of benzene rings is 1. The van der Waals surface area contributed by atoms with Gasteiger partial charge in [0.15, 0.2) is 5.78 Å². The molecule has 3 rings (SSSR count). The SMILES string of the molecule is Nc1ccccc1-c1ccc2c(n1)C(=O)C=CC2=O. The van der Waals surface area contributed by atoms with E-state index in [0.29, 0.717) is 16.9 Å². The molecule has 2 N–H and O–H groups in total. The summed E-state index contributed by atoms with van der Waals surface area (Å²) >= 11 is 0. The smallest absolute Gasteiger partial charge is 0.205 e. The van der Waals surface area contributed by atoms with E-state index in [2.05, 4.69) is 4.98 Å². The Labute approximate surface area is 109 Å². The summed E-state index contributed by atoms with van der Waals surface area (Å²) in [4.78, 5) is 27.7. The van der Waals surface area contributed by atoms with Crippen LogP contribution in [0.25, 0.3) is 11.3 Å². The molecule has 0 saturated carbocycles. The Morgan fingerprint density at radius 3 is 2.37 bits per heavy atom. The average Bonchev–Trinajstić information content (AvgIpc) is 2.43. The zero-order valence-corrected chi connectivity index (χ0v) is 9.96. The number of anilines is 1. The Morgan fingerprint density at radius 2 is 1.58 bits per heavy atom. The zero-order chi connectivity index (χ0) is 13.4. The van der Waals surface area contributed by atoms with Crippen LogP contribution >= 0.6 is 0 Å². The van der Waals surface area contributed by atoms with Gasteiger partial charge in [-0.15, -0.1) is 0 Å². The van der Waals surface area contributed by atoms with Gasteiger partial charge >= 0.3 is 0 Å². The molecule has 4 nitrogen and oxygen atoms in total. The maximum Gasteiger partial charge on any atom is 0.205 e. The van der Waals surface area contributed by atoms with Crippen LogP contribution < -0.4 is 5.73 Å². The van der Waals surface area contributed by atoms with Gasteiger partial charge in [0.25, 0.3) is 0 Å². The summed E-state index contributed by atoms with van der Waals surface area (Å²) in [6, 6.07) is 10.6. The summed E-state index contributed by atoms with van der Waals surface area (Å²) in [6.45, 7) is 0. The number of hydrogen-bond acceptors (Lipinski definition) is 4. The lowest BCUT2D eigenvalue weighted by Crippen LogP contribution is -2.14. The van der Waals surface area contributed by atoms with Gasteiger partial charge in [-0.1, -0.05) is 18.2 Å². The van der Waals surface area contributed by atoms with Crippen molar-refractivity contribution in [1.29, 1.82) is 0 Å². The number of carbonyl (C=O) groups is 2. The van der Waals surface area contributed by atoms with Crippen LogP contribution in [0, 0.1) is 0 Å². The minimum atomic E-state index is -0.258. The number of ketones is 2. The number of nitrogens with zero attached hydrogens (tertiary/aromatic N) is 1. The summed E-state index contributed by atoms with van der Waals surface area (Å²) in [6.07, 6.45) is 2.51. The molecule has 1 heterocycles. The van der Waals surface area contributed by atoms with E-state index >= 15 is 0 Å². The second kappa shape index (κ2) is 4.17. The fourth-order valence-corrected chi connectivity index (χ4v) is 2.05. The van der Waals surface area contributed by atoms with Gasteiger partial charge in [0.05, 0.1) is 11.3 Å². The van der Waals surface area contributed by atoms with E-state index in [1.54, 1.807) is 18.2 Å². The van der Waals surface area contributed by atoms with Crippen LogP contribution in [0.5, 0.6) is 0 Å². The van der Waals surface area contributed by atoms with Gasteiger partial charge in [0.2, 0.25) is 5.78 Å². The summed E-state index contributed by atoms with van der Waals surface area (Å²) < 4.78 is 0. The van der Waals surface area contributed by atoms with Crippen molar-refractivity contribution in [2.75, 3.05) is 5.73 Å². The third kappa shape index (κ3) is 1.83. The molecule has 0 aliphatic heterocycles. The van der Waals surface area contributed by atoms with Gasteiger partial charge in [-0.25, -0.2) is 4.98 Å². The Hall–Kier alpha value is -2.75. The normalized spacial score (nSPS) is 13.5. The Balaban J connectivity index is 2.18. The van der Waals surface area contributed by atoms with Crippen LogP contribution in [0.4, 0.5) is 5.69 Å². The van der Waals surface area contributed by atoms with Gasteiger partial charge < -0.3 is 5.73 Å². The monoisotopic (exact) mass is 250 g/mol. The second-order valence-electron chi connectivity index (χ2n) is 4.24. The van der Waals surface area contributed by atoms with Crippen LogP contribution in [0.3, 0.4) is 0 Å². The van der Waals surface area contributed by atoms with E-state index in [9.17, 15) is 9.59 Å². The van der Waals surface area contributed by atoms with E-state index in [-0.39, 0.29) is 17.3 Å². The number of allylic oxidation sites excluding steroid dienone is 2. The van der Waals surface area contributed by atoms with Gasteiger partial charge in [-0.3, -0.25) is 9.59 Å². The van der Waals surface area contributed by atoms with Crippen LogP contribution in [-0.2, 0) is 0 Å². The molecule has 2 aromatic rings. The molecule has 1 aliphatic rings. The van der Waals surface area contributed by atoms with E-state index in [1.165, 1.54) is 12.2 Å². The molecular weight excluding hydrogens is 240 g/mol. The Kier molecular flexibility index (Phi) is 2.49. The Morgan fingerprint density at radius 1 is 0.842 bits per heavy atom. The topological polar surface area (TPSA) is 73.0 Å². The lowest BCUT2D eigenvalue weighted by Gasteiger charge is -2.11. The van der Waals surface area contributed by atoms with Crippen molar-refractivity contribution in [3.63, 3.8) is 0 Å². The number of pyridine rings is 1. The van der Waals surface area contributed by atoms with E-state index in [1.807, 2.05) is 18.2 Å². The first-order chi connectivity index (χ1) is 9.16. The fourth-order valence-electron chi connectivity index (χ4n) is 2.05. The third-order valence-corrected chi connectivity index (χ3v) is 3.02. The molecule has 19 heavy (non-hydrogen) atoms. The van der Waals surface area contributed by atoms with E-state index in [0.717, 1.165) is 5.56 Å². The van der Waals surface area contributed by atoms with Crippen molar-refractivity contribution < 1.29 is 9.59 Å². The second-order valence-corrected chi connectivity index (χ2v) is 4.24. The fraction of sp³-hybridized carbons (Fsp3) is 0. The van der Waals surface area contributed by atoms with Gasteiger partial charge in [-0.2, -0.15) is 0 Å². The zero-order valence-electron chi connectivity index (χ0n) is 9.96. The number of nitrogen functional groups attached to an aromatic ring is 1. The van der Waals surface area contributed by atoms with Crippen LogP contribution in [0.2, 0.25) is 0 Å². The number of carbonyl (C=O) groups excluding carboxylic acids is 2. The predicted octanol–water partition coefficient (Wildman–Crippen LogP) is 2.27. The summed E-state index contributed by atoms with van der Waals surface area (Å²) in [5.74, 6) is -0.458.